The zero-order valence-corrected chi connectivity index (χ0v) is 10.7. The minimum atomic E-state index is 0.772. The fourth-order valence-electron chi connectivity index (χ4n) is 2.21. The third-order valence-electron chi connectivity index (χ3n) is 3.30. The molecule has 0 amide bonds. The summed E-state index contributed by atoms with van der Waals surface area (Å²) < 4.78 is 0. The Morgan fingerprint density at radius 3 is 3.06 bits per heavy atom. The van der Waals surface area contributed by atoms with Crippen LogP contribution in [-0.2, 0) is 0 Å². The SMILES string of the molecule is CCC1CCCN(c2nc(C)c(C=O)s2)C1. The summed E-state index contributed by atoms with van der Waals surface area (Å²) in [6.07, 6.45) is 4.73. The van der Waals surface area contributed by atoms with Gasteiger partial charge in [-0.1, -0.05) is 24.7 Å². The summed E-state index contributed by atoms with van der Waals surface area (Å²) in [5.74, 6) is 0.789. The molecule has 1 atom stereocenters. The Balaban J connectivity index is 2.13. The van der Waals surface area contributed by atoms with Gasteiger partial charge in [0.2, 0.25) is 0 Å². The number of hydrogen-bond acceptors (Lipinski definition) is 4. The molecule has 1 aromatic heterocycles. The van der Waals surface area contributed by atoms with E-state index in [1.807, 2.05) is 6.92 Å². The molecule has 0 aliphatic carbocycles. The highest BCUT2D eigenvalue weighted by Gasteiger charge is 2.21. The average molecular weight is 238 g/mol. The number of aldehydes is 1. The summed E-state index contributed by atoms with van der Waals surface area (Å²) in [6.45, 7) is 6.34. The molecular weight excluding hydrogens is 220 g/mol. The normalized spacial score (nSPS) is 21.1. The van der Waals surface area contributed by atoms with Crippen LogP contribution in [-0.4, -0.2) is 24.4 Å². The first kappa shape index (κ1) is 11.6. The van der Waals surface area contributed by atoms with Gasteiger partial charge in [-0.3, -0.25) is 4.79 Å². The largest absolute Gasteiger partial charge is 0.348 e. The first-order chi connectivity index (χ1) is 7.74. The summed E-state index contributed by atoms with van der Waals surface area (Å²) in [4.78, 5) is 18.4. The van der Waals surface area contributed by atoms with Gasteiger partial charge in [-0.25, -0.2) is 4.98 Å². The monoisotopic (exact) mass is 238 g/mol. The first-order valence-corrected chi connectivity index (χ1v) is 6.73. The molecule has 0 saturated carbocycles. The third-order valence-corrected chi connectivity index (χ3v) is 4.44. The first-order valence-electron chi connectivity index (χ1n) is 5.92. The number of piperidine rings is 1. The molecule has 2 heterocycles. The van der Waals surface area contributed by atoms with Crippen molar-refractivity contribution in [2.75, 3.05) is 18.0 Å². The van der Waals surface area contributed by atoms with Crippen LogP contribution in [0.15, 0.2) is 0 Å². The summed E-state index contributed by atoms with van der Waals surface area (Å²) in [7, 11) is 0. The third kappa shape index (κ3) is 2.26. The van der Waals surface area contributed by atoms with Crippen molar-refractivity contribution in [3.63, 3.8) is 0 Å². The van der Waals surface area contributed by atoms with E-state index in [-0.39, 0.29) is 0 Å². The summed E-state index contributed by atoms with van der Waals surface area (Å²) in [5, 5.41) is 1.03. The molecular formula is C12H18N2OS. The van der Waals surface area contributed by atoms with Crippen molar-refractivity contribution in [1.29, 1.82) is 0 Å². The lowest BCUT2D eigenvalue weighted by molar-refractivity contribution is 0.112. The molecule has 2 rings (SSSR count). The van der Waals surface area contributed by atoms with Crippen molar-refractivity contribution in [2.45, 2.75) is 33.1 Å². The fraction of sp³-hybridized carbons (Fsp3) is 0.667. The zero-order valence-electron chi connectivity index (χ0n) is 9.90. The van der Waals surface area contributed by atoms with Crippen LogP contribution in [0.1, 0.15) is 41.6 Å². The Labute approximate surface area is 100 Å². The second-order valence-corrected chi connectivity index (χ2v) is 5.44. The lowest BCUT2D eigenvalue weighted by atomic mass is 9.96. The van der Waals surface area contributed by atoms with Crippen molar-refractivity contribution < 1.29 is 4.79 Å². The molecule has 0 bridgehead atoms. The van der Waals surface area contributed by atoms with Gasteiger partial charge in [0, 0.05) is 13.1 Å². The number of thiazole rings is 1. The van der Waals surface area contributed by atoms with Gasteiger partial charge in [-0.05, 0) is 25.7 Å². The van der Waals surface area contributed by atoms with Gasteiger partial charge in [0.1, 0.15) is 0 Å². The number of nitrogens with zero attached hydrogens (tertiary/aromatic N) is 2. The van der Waals surface area contributed by atoms with Gasteiger partial charge in [0.25, 0.3) is 0 Å². The molecule has 1 saturated heterocycles. The molecule has 4 heteroatoms. The van der Waals surface area contributed by atoms with E-state index in [2.05, 4.69) is 16.8 Å². The standard InChI is InChI=1S/C12H18N2OS/c1-3-10-5-4-6-14(7-10)12-13-9(2)11(8-15)16-12/h8,10H,3-7H2,1-2H3. The molecule has 0 spiro atoms. The van der Waals surface area contributed by atoms with Crippen molar-refractivity contribution in [1.82, 2.24) is 4.98 Å². The molecule has 1 unspecified atom stereocenters. The van der Waals surface area contributed by atoms with Crippen LogP contribution in [0.3, 0.4) is 0 Å². The van der Waals surface area contributed by atoms with E-state index >= 15 is 0 Å². The van der Waals surface area contributed by atoms with E-state index in [4.69, 9.17) is 0 Å². The van der Waals surface area contributed by atoms with E-state index in [9.17, 15) is 4.79 Å². The Bertz CT molecular complexity index is 375. The smallest absolute Gasteiger partial charge is 0.186 e. The number of aromatic nitrogens is 1. The molecule has 88 valence electrons. The molecule has 1 aliphatic rings. The second-order valence-electron chi connectivity index (χ2n) is 4.43. The maximum atomic E-state index is 10.8. The molecule has 0 N–H and O–H groups in total. The maximum Gasteiger partial charge on any atom is 0.186 e. The minimum absolute atomic E-state index is 0.772. The van der Waals surface area contributed by atoms with Crippen LogP contribution >= 0.6 is 11.3 Å². The van der Waals surface area contributed by atoms with Gasteiger partial charge < -0.3 is 4.90 Å². The molecule has 3 nitrogen and oxygen atoms in total. The quantitative estimate of drug-likeness (QED) is 0.759. The number of carbonyl (C=O) groups is 1. The Kier molecular flexibility index (Phi) is 3.59. The van der Waals surface area contributed by atoms with Crippen molar-refractivity contribution >= 4 is 22.8 Å². The van der Waals surface area contributed by atoms with Gasteiger partial charge in [0.15, 0.2) is 11.4 Å². The number of hydrogen-bond donors (Lipinski definition) is 0. The van der Waals surface area contributed by atoms with Crippen LogP contribution in [0.5, 0.6) is 0 Å². The van der Waals surface area contributed by atoms with Crippen molar-refractivity contribution in [2.24, 2.45) is 5.92 Å². The van der Waals surface area contributed by atoms with Gasteiger partial charge >= 0.3 is 0 Å². The maximum absolute atomic E-state index is 10.8. The molecule has 1 fully saturated rings. The molecule has 0 radical (unpaired) electrons. The zero-order chi connectivity index (χ0) is 11.5. The van der Waals surface area contributed by atoms with E-state index in [1.54, 1.807) is 0 Å². The molecule has 16 heavy (non-hydrogen) atoms. The van der Waals surface area contributed by atoms with E-state index in [0.717, 1.165) is 41.0 Å². The Morgan fingerprint density at radius 2 is 2.44 bits per heavy atom. The summed E-state index contributed by atoms with van der Waals surface area (Å²) in [5.41, 5.74) is 0.869. The Morgan fingerprint density at radius 1 is 1.62 bits per heavy atom. The number of aryl methyl sites for hydroxylation is 1. The van der Waals surface area contributed by atoms with Crippen molar-refractivity contribution in [3.05, 3.63) is 10.6 Å². The molecule has 1 aromatic rings. The number of anilines is 1. The highest BCUT2D eigenvalue weighted by molar-refractivity contribution is 7.17. The number of carbonyl (C=O) groups excluding carboxylic acids is 1. The number of rotatable bonds is 3. The highest BCUT2D eigenvalue weighted by atomic mass is 32.1. The van der Waals surface area contributed by atoms with Gasteiger partial charge in [-0.15, -0.1) is 0 Å². The second kappa shape index (κ2) is 4.95. The predicted octanol–water partition coefficient (Wildman–Crippen LogP) is 2.89. The van der Waals surface area contributed by atoms with Gasteiger partial charge in [0.05, 0.1) is 10.6 Å². The topological polar surface area (TPSA) is 33.2 Å². The van der Waals surface area contributed by atoms with E-state index < -0.39 is 0 Å². The Hall–Kier alpha value is -0.900. The van der Waals surface area contributed by atoms with Crippen LogP contribution in [0.4, 0.5) is 5.13 Å². The van der Waals surface area contributed by atoms with E-state index in [1.165, 1.54) is 30.6 Å². The lowest BCUT2D eigenvalue weighted by Gasteiger charge is -2.31. The predicted molar refractivity (Wildman–Crippen MR) is 67.5 cm³/mol. The van der Waals surface area contributed by atoms with Crippen LogP contribution in [0.2, 0.25) is 0 Å². The van der Waals surface area contributed by atoms with Crippen LogP contribution < -0.4 is 4.90 Å². The molecule has 0 aromatic carbocycles. The van der Waals surface area contributed by atoms with Gasteiger partial charge in [-0.2, -0.15) is 0 Å². The molecule has 1 aliphatic heterocycles. The summed E-state index contributed by atoms with van der Waals surface area (Å²) in [6, 6.07) is 0. The van der Waals surface area contributed by atoms with Crippen LogP contribution in [0.25, 0.3) is 0 Å². The summed E-state index contributed by atoms with van der Waals surface area (Å²) >= 11 is 1.53. The average Bonchev–Trinajstić information content (AvgIpc) is 2.71. The minimum Gasteiger partial charge on any atom is -0.348 e. The highest BCUT2D eigenvalue weighted by Crippen LogP contribution is 2.29. The van der Waals surface area contributed by atoms with Crippen LogP contribution in [0, 0.1) is 12.8 Å². The fourth-order valence-corrected chi connectivity index (χ4v) is 3.13. The lowest BCUT2D eigenvalue weighted by Crippen LogP contribution is -2.35. The van der Waals surface area contributed by atoms with Crippen molar-refractivity contribution in [3.8, 4) is 0 Å². The van der Waals surface area contributed by atoms with E-state index in [0.29, 0.717) is 0 Å².